The van der Waals surface area contributed by atoms with E-state index in [9.17, 15) is 4.79 Å². The molecule has 0 bridgehead atoms. The molecular formula is C20H27N5O. The summed E-state index contributed by atoms with van der Waals surface area (Å²) < 4.78 is 0. The molecule has 6 nitrogen and oxygen atoms in total. The van der Waals surface area contributed by atoms with E-state index in [1.807, 2.05) is 74.5 Å². The Morgan fingerprint density at radius 2 is 1.77 bits per heavy atom. The zero-order chi connectivity index (χ0) is 18.7. The van der Waals surface area contributed by atoms with Crippen LogP contribution in [0.3, 0.4) is 0 Å². The monoisotopic (exact) mass is 353 g/mol. The molecule has 2 aromatic rings. The van der Waals surface area contributed by atoms with Crippen molar-refractivity contribution in [2.75, 3.05) is 44.0 Å². The van der Waals surface area contributed by atoms with Crippen LogP contribution in [0, 0.1) is 6.92 Å². The summed E-state index contributed by atoms with van der Waals surface area (Å²) in [6.45, 7) is 3.47. The van der Waals surface area contributed by atoms with E-state index in [1.54, 1.807) is 0 Å². The molecule has 26 heavy (non-hydrogen) atoms. The minimum atomic E-state index is 0.0956. The van der Waals surface area contributed by atoms with E-state index in [0.29, 0.717) is 12.5 Å². The van der Waals surface area contributed by atoms with Crippen molar-refractivity contribution in [1.82, 2.24) is 14.9 Å². The maximum absolute atomic E-state index is 12.9. The second-order valence-electron chi connectivity index (χ2n) is 7.16. The molecule has 1 atom stereocenters. The summed E-state index contributed by atoms with van der Waals surface area (Å²) in [5.41, 5.74) is 2.88. The molecule has 0 saturated carbocycles. The Morgan fingerprint density at radius 1 is 1.12 bits per heavy atom. The standard InChI is InChI=1S/C20H27N5O/c1-15-12-21-20(22-13-15)24(4)18-6-5-11-25(14-18)19(26)16-7-9-17(10-8-16)23(2)3/h7-10,12-13,18H,5-6,11,14H2,1-4H3. The fourth-order valence-electron chi connectivity index (χ4n) is 3.27. The lowest BCUT2D eigenvalue weighted by molar-refractivity contribution is 0.0707. The molecule has 1 fully saturated rings. The van der Waals surface area contributed by atoms with Crippen LogP contribution in [0.15, 0.2) is 36.7 Å². The lowest BCUT2D eigenvalue weighted by Gasteiger charge is -2.37. The van der Waals surface area contributed by atoms with E-state index >= 15 is 0 Å². The van der Waals surface area contributed by atoms with Gasteiger partial charge >= 0.3 is 0 Å². The minimum absolute atomic E-state index is 0.0956. The first-order valence-corrected chi connectivity index (χ1v) is 9.04. The van der Waals surface area contributed by atoms with Crippen molar-refractivity contribution in [2.24, 2.45) is 0 Å². The normalized spacial score (nSPS) is 17.1. The summed E-state index contributed by atoms with van der Waals surface area (Å²) in [6, 6.07) is 8.03. The highest BCUT2D eigenvalue weighted by Gasteiger charge is 2.28. The third-order valence-corrected chi connectivity index (χ3v) is 4.94. The summed E-state index contributed by atoms with van der Waals surface area (Å²) in [5.74, 6) is 0.809. The average molecular weight is 353 g/mol. The lowest BCUT2D eigenvalue weighted by Crippen LogP contribution is -2.49. The SMILES string of the molecule is Cc1cnc(N(C)C2CCCN(C(=O)c3ccc(N(C)C)cc3)C2)nc1. The van der Waals surface area contributed by atoms with Crippen molar-refractivity contribution in [1.29, 1.82) is 0 Å². The number of piperidine rings is 1. The van der Waals surface area contributed by atoms with Crippen LogP contribution in [0.5, 0.6) is 0 Å². The van der Waals surface area contributed by atoms with Crippen LogP contribution < -0.4 is 9.80 Å². The number of likely N-dealkylation sites (N-methyl/N-ethyl adjacent to an activating group) is 1. The molecule has 1 amide bonds. The Hall–Kier alpha value is -2.63. The summed E-state index contributed by atoms with van der Waals surface area (Å²) in [7, 11) is 6.00. The number of likely N-dealkylation sites (tertiary alicyclic amines) is 1. The quantitative estimate of drug-likeness (QED) is 0.846. The molecule has 0 N–H and O–H groups in total. The highest BCUT2D eigenvalue weighted by atomic mass is 16.2. The topological polar surface area (TPSA) is 52.6 Å². The Kier molecular flexibility index (Phi) is 5.40. The minimum Gasteiger partial charge on any atom is -0.378 e. The van der Waals surface area contributed by atoms with Gasteiger partial charge in [0, 0.05) is 63.9 Å². The lowest BCUT2D eigenvalue weighted by atomic mass is 10.0. The average Bonchev–Trinajstić information content (AvgIpc) is 2.67. The first-order valence-electron chi connectivity index (χ1n) is 9.04. The first kappa shape index (κ1) is 18.2. The molecule has 3 rings (SSSR count). The van der Waals surface area contributed by atoms with Crippen LogP contribution in [-0.4, -0.2) is 61.0 Å². The number of rotatable bonds is 4. The highest BCUT2D eigenvalue weighted by molar-refractivity contribution is 5.94. The number of benzene rings is 1. The number of anilines is 2. The number of aryl methyl sites for hydroxylation is 1. The van der Waals surface area contributed by atoms with Crippen LogP contribution >= 0.6 is 0 Å². The van der Waals surface area contributed by atoms with Gasteiger partial charge in [0.05, 0.1) is 0 Å². The van der Waals surface area contributed by atoms with Gasteiger partial charge < -0.3 is 14.7 Å². The van der Waals surface area contributed by atoms with Crippen molar-refractivity contribution >= 4 is 17.5 Å². The van der Waals surface area contributed by atoms with E-state index in [0.717, 1.165) is 36.2 Å². The van der Waals surface area contributed by atoms with Gasteiger partial charge in [0.15, 0.2) is 0 Å². The molecule has 1 aromatic carbocycles. The number of carbonyl (C=O) groups is 1. The van der Waals surface area contributed by atoms with Crippen molar-refractivity contribution < 1.29 is 4.79 Å². The second kappa shape index (κ2) is 7.72. The van der Waals surface area contributed by atoms with Crippen LogP contribution in [0.2, 0.25) is 0 Å². The van der Waals surface area contributed by atoms with Gasteiger partial charge in [-0.3, -0.25) is 4.79 Å². The second-order valence-corrected chi connectivity index (χ2v) is 7.16. The number of nitrogens with zero attached hydrogens (tertiary/aromatic N) is 5. The van der Waals surface area contributed by atoms with Crippen molar-refractivity contribution in [3.63, 3.8) is 0 Å². The van der Waals surface area contributed by atoms with Gasteiger partial charge in [-0.2, -0.15) is 0 Å². The molecule has 2 heterocycles. The van der Waals surface area contributed by atoms with Gasteiger partial charge in [0.2, 0.25) is 5.95 Å². The van der Waals surface area contributed by atoms with Gasteiger partial charge in [-0.1, -0.05) is 0 Å². The Morgan fingerprint density at radius 3 is 2.38 bits per heavy atom. The van der Waals surface area contributed by atoms with Gasteiger partial charge in [0.25, 0.3) is 5.91 Å². The predicted octanol–water partition coefficient (Wildman–Crippen LogP) is 2.59. The van der Waals surface area contributed by atoms with E-state index < -0.39 is 0 Å². The number of hydrogen-bond acceptors (Lipinski definition) is 5. The Bertz CT molecular complexity index is 742. The van der Waals surface area contributed by atoms with E-state index in [1.165, 1.54) is 0 Å². The van der Waals surface area contributed by atoms with Gasteiger partial charge in [-0.25, -0.2) is 9.97 Å². The summed E-state index contributed by atoms with van der Waals surface area (Å²) >= 11 is 0. The fourth-order valence-corrected chi connectivity index (χ4v) is 3.27. The molecule has 1 saturated heterocycles. The van der Waals surface area contributed by atoms with Gasteiger partial charge in [0.1, 0.15) is 0 Å². The number of carbonyl (C=O) groups excluding carboxylic acids is 1. The molecule has 1 aliphatic heterocycles. The van der Waals surface area contributed by atoms with Crippen molar-refractivity contribution in [3.05, 3.63) is 47.8 Å². The largest absolute Gasteiger partial charge is 0.378 e. The molecule has 1 aliphatic rings. The maximum atomic E-state index is 12.9. The molecule has 138 valence electrons. The summed E-state index contributed by atoms with van der Waals surface area (Å²) in [6.07, 6.45) is 5.69. The van der Waals surface area contributed by atoms with Gasteiger partial charge in [-0.05, 0) is 49.6 Å². The number of hydrogen-bond donors (Lipinski definition) is 0. The fraction of sp³-hybridized carbons (Fsp3) is 0.450. The van der Waals surface area contributed by atoms with E-state index in [2.05, 4.69) is 14.9 Å². The predicted molar refractivity (Wildman–Crippen MR) is 105 cm³/mol. The zero-order valence-corrected chi connectivity index (χ0v) is 16.0. The molecule has 0 spiro atoms. The number of aromatic nitrogens is 2. The first-order chi connectivity index (χ1) is 12.5. The van der Waals surface area contributed by atoms with Crippen LogP contribution in [0.1, 0.15) is 28.8 Å². The van der Waals surface area contributed by atoms with Crippen molar-refractivity contribution in [3.8, 4) is 0 Å². The van der Waals surface area contributed by atoms with Crippen LogP contribution in [0.25, 0.3) is 0 Å². The third kappa shape index (κ3) is 3.95. The molecule has 1 unspecified atom stereocenters. The third-order valence-electron chi connectivity index (χ3n) is 4.94. The van der Waals surface area contributed by atoms with E-state index in [4.69, 9.17) is 0 Å². The molecule has 0 radical (unpaired) electrons. The smallest absolute Gasteiger partial charge is 0.253 e. The molecule has 1 aromatic heterocycles. The van der Waals surface area contributed by atoms with Gasteiger partial charge in [-0.15, -0.1) is 0 Å². The van der Waals surface area contributed by atoms with Crippen molar-refractivity contribution in [2.45, 2.75) is 25.8 Å². The van der Waals surface area contributed by atoms with Crippen LogP contribution in [0.4, 0.5) is 11.6 Å². The van der Waals surface area contributed by atoms with Crippen LogP contribution in [-0.2, 0) is 0 Å². The Balaban J connectivity index is 1.69. The highest BCUT2D eigenvalue weighted by Crippen LogP contribution is 2.21. The Labute approximate surface area is 155 Å². The molecule has 0 aliphatic carbocycles. The summed E-state index contributed by atoms with van der Waals surface area (Å²) in [5, 5.41) is 0. The molecule has 6 heteroatoms. The molecular weight excluding hydrogens is 326 g/mol. The maximum Gasteiger partial charge on any atom is 0.253 e. The number of amides is 1. The van der Waals surface area contributed by atoms with E-state index in [-0.39, 0.29) is 11.9 Å². The summed E-state index contributed by atoms with van der Waals surface area (Å²) in [4.78, 5) is 27.8. The zero-order valence-electron chi connectivity index (χ0n) is 16.0.